The first-order valence-corrected chi connectivity index (χ1v) is 4.05. The summed E-state index contributed by atoms with van der Waals surface area (Å²) in [7, 11) is 0. The molecule has 1 aromatic heterocycles. The number of carbonyl (C=O) groups excluding carboxylic acids is 2. The van der Waals surface area contributed by atoms with Crippen LogP contribution in [0.4, 0.5) is 5.95 Å². The standard InChI is InChI=1S/C8H7N3O3/c12-5-3-9-8(10-4-5)11-6(13)1-2-7(11)14/h3-4,12H,1-2H2. The normalized spacial score (nSPS) is 16.4. The van der Waals surface area contributed by atoms with E-state index in [1.165, 1.54) is 0 Å². The Morgan fingerprint density at radius 2 is 1.64 bits per heavy atom. The molecule has 6 heteroatoms. The van der Waals surface area contributed by atoms with Crippen molar-refractivity contribution in [3.8, 4) is 5.75 Å². The molecule has 2 amide bonds. The monoisotopic (exact) mass is 193 g/mol. The number of aromatic nitrogens is 2. The zero-order valence-corrected chi connectivity index (χ0v) is 7.17. The zero-order valence-electron chi connectivity index (χ0n) is 7.17. The molecule has 6 nitrogen and oxygen atoms in total. The molecule has 1 saturated heterocycles. The number of anilines is 1. The molecule has 0 aromatic carbocycles. The summed E-state index contributed by atoms with van der Waals surface area (Å²) in [5.74, 6) is -0.690. The molecule has 1 fully saturated rings. The van der Waals surface area contributed by atoms with Crippen LogP contribution in [0.5, 0.6) is 5.75 Å². The average Bonchev–Trinajstić information content (AvgIpc) is 2.49. The Morgan fingerprint density at radius 1 is 1.14 bits per heavy atom. The van der Waals surface area contributed by atoms with E-state index in [1.807, 2.05) is 0 Å². The quantitative estimate of drug-likeness (QED) is 0.626. The summed E-state index contributed by atoms with van der Waals surface area (Å²) in [4.78, 5) is 30.8. The van der Waals surface area contributed by atoms with Crippen LogP contribution < -0.4 is 4.90 Å². The van der Waals surface area contributed by atoms with Gasteiger partial charge in [0.15, 0.2) is 5.75 Å². The van der Waals surface area contributed by atoms with Gasteiger partial charge in [0.2, 0.25) is 17.8 Å². The molecule has 14 heavy (non-hydrogen) atoms. The summed E-state index contributed by atoms with van der Waals surface area (Å²) in [6.07, 6.45) is 2.68. The van der Waals surface area contributed by atoms with Crippen LogP contribution in [0.25, 0.3) is 0 Å². The minimum atomic E-state index is -0.305. The van der Waals surface area contributed by atoms with E-state index < -0.39 is 0 Å². The van der Waals surface area contributed by atoms with Gasteiger partial charge in [-0.15, -0.1) is 0 Å². The molecule has 0 radical (unpaired) electrons. The van der Waals surface area contributed by atoms with E-state index in [4.69, 9.17) is 5.11 Å². The molecule has 0 unspecified atom stereocenters. The first kappa shape index (κ1) is 8.61. The first-order valence-electron chi connectivity index (χ1n) is 4.05. The van der Waals surface area contributed by atoms with Crippen molar-refractivity contribution in [3.05, 3.63) is 12.4 Å². The largest absolute Gasteiger partial charge is 0.505 e. The molecule has 2 heterocycles. The predicted molar refractivity (Wildman–Crippen MR) is 45.4 cm³/mol. The number of carbonyl (C=O) groups is 2. The maximum Gasteiger partial charge on any atom is 0.239 e. The van der Waals surface area contributed by atoms with Gasteiger partial charge in [0.1, 0.15) is 0 Å². The molecular weight excluding hydrogens is 186 g/mol. The second-order valence-electron chi connectivity index (χ2n) is 2.86. The fourth-order valence-electron chi connectivity index (χ4n) is 1.23. The molecule has 0 saturated carbocycles. The SMILES string of the molecule is O=C1CCC(=O)N1c1ncc(O)cn1. The van der Waals surface area contributed by atoms with Crippen LogP contribution in [-0.2, 0) is 9.59 Å². The summed E-state index contributed by atoms with van der Waals surface area (Å²) in [5.41, 5.74) is 0. The predicted octanol–water partition coefficient (Wildman–Crippen LogP) is -0.164. The maximum atomic E-state index is 11.2. The topological polar surface area (TPSA) is 83.4 Å². The Kier molecular flexibility index (Phi) is 1.88. The van der Waals surface area contributed by atoms with E-state index in [0.29, 0.717) is 0 Å². The van der Waals surface area contributed by atoms with E-state index in [0.717, 1.165) is 17.3 Å². The molecule has 1 aromatic rings. The second-order valence-corrected chi connectivity index (χ2v) is 2.86. The Balaban J connectivity index is 2.34. The van der Waals surface area contributed by atoms with Crippen LogP contribution >= 0.6 is 0 Å². The molecule has 0 atom stereocenters. The molecule has 0 bridgehead atoms. The van der Waals surface area contributed by atoms with Gasteiger partial charge in [-0.2, -0.15) is 0 Å². The second kappa shape index (κ2) is 3.06. The zero-order chi connectivity index (χ0) is 10.1. The van der Waals surface area contributed by atoms with Crippen molar-refractivity contribution in [2.45, 2.75) is 12.8 Å². The van der Waals surface area contributed by atoms with Gasteiger partial charge < -0.3 is 5.11 Å². The fraction of sp³-hybridized carbons (Fsp3) is 0.250. The van der Waals surface area contributed by atoms with Gasteiger partial charge in [0.25, 0.3) is 0 Å². The summed E-state index contributed by atoms with van der Waals surface area (Å²) in [5, 5.41) is 8.92. The Bertz CT molecular complexity index is 371. The summed E-state index contributed by atoms with van der Waals surface area (Å²) < 4.78 is 0. The van der Waals surface area contributed by atoms with Crippen molar-refractivity contribution in [2.75, 3.05) is 4.90 Å². The number of amides is 2. The number of imide groups is 1. The summed E-state index contributed by atoms with van der Waals surface area (Å²) in [6.45, 7) is 0. The molecule has 1 aliphatic heterocycles. The highest BCUT2D eigenvalue weighted by Gasteiger charge is 2.32. The minimum Gasteiger partial charge on any atom is -0.505 e. The van der Waals surface area contributed by atoms with Crippen LogP contribution in [-0.4, -0.2) is 26.9 Å². The lowest BCUT2D eigenvalue weighted by molar-refractivity contribution is -0.121. The highest BCUT2D eigenvalue weighted by Crippen LogP contribution is 2.18. The highest BCUT2D eigenvalue weighted by atomic mass is 16.3. The van der Waals surface area contributed by atoms with Gasteiger partial charge >= 0.3 is 0 Å². The lowest BCUT2D eigenvalue weighted by Gasteiger charge is -2.09. The highest BCUT2D eigenvalue weighted by molar-refractivity contribution is 6.18. The van der Waals surface area contributed by atoms with Crippen LogP contribution in [0.15, 0.2) is 12.4 Å². The number of nitrogens with zero attached hydrogens (tertiary/aromatic N) is 3. The van der Waals surface area contributed by atoms with Gasteiger partial charge in [-0.25, -0.2) is 14.9 Å². The maximum absolute atomic E-state index is 11.2. The molecule has 0 aliphatic carbocycles. The lowest BCUT2D eigenvalue weighted by Crippen LogP contribution is -2.30. The number of hydrogen-bond donors (Lipinski definition) is 1. The van der Waals surface area contributed by atoms with Gasteiger partial charge in [-0.1, -0.05) is 0 Å². The van der Waals surface area contributed by atoms with Gasteiger partial charge in [-0.3, -0.25) is 9.59 Å². The molecule has 1 aliphatic rings. The van der Waals surface area contributed by atoms with Crippen LogP contribution in [0.1, 0.15) is 12.8 Å². The number of hydrogen-bond acceptors (Lipinski definition) is 5. The smallest absolute Gasteiger partial charge is 0.239 e. The van der Waals surface area contributed by atoms with Crippen molar-refractivity contribution in [1.29, 1.82) is 0 Å². The van der Waals surface area contributed by atoms with Crippen molar-refractivity contribution in [1.82, 2.24) is 9.97 Å². The van der Waals surface area contributed by atoms with Crippen molar-refractivity contribution in [3.63, 3.8) is 0 Å². The third kappa shape index (κ3) is 1.30. The van der Waals surface area contributed by atoms with Gasteiger partial charge in [0, 0.05) is 12.8 Å². The summed E-state index contributed by atoms with van der Waals surface area (Å²) >= 11 is 0. The van der Waals surface area contributed by atoms with Gasteiger partial charge in [0.05, 0.1) is 12.4 Å². The average molecular weight is 193 g/mol. The number of rotatable bonds is 1. The van der Waals surface area contributed by atoms with E-state index >= 15 is 0 Å². The van der Waals surface area contributed by atoms with Crippen molar-refractivity contribution >= 4 is 17.8 Å². The fourth-order valence-corrected chi connectivity index (χ4v) is 1.23. The Hall–Kier alpha value is -1.98. The van der Waals surface area contributed by atoms with E-state index in [2.05, 4.69) is 9.97 Å². The molecule has 0 spiro atoms. The van der Waals surface area contributed by atoms with Gasteiger partial charge in [-0.05, 0) is 0 Å². The third-order valence-corrected chi connectivity index (χ3v) is 1.88. The van der Waals surface area contributed by atoms with Crippen molar-refractivity contribution < 1.29 is 14.7 Å². The van der Waals surface area contributed by atoms with E-state index in [9.17, 15) is 9.59 Å². The lowest BCUT2D eigenvalue weighted by atomic mass is 10.4. The summed E-state index contributed by atoms with van der Waals surface area (Å²) in [6, 6.07) is 0. The Labute approximate surface area is 79.2 Å². The molecule has 2 rings (SSSR count). The van der Waals surface area contributed by atoms with Crippen LogP contribution in [0.3, 0.4) is 0 Å². The first-order chi connectivity index (χ1) is 6.68. The minimum absolute atomic E-state index is 0.0234. The number of aromatic hydroxyl groups is 1. The Morgan fingerprint density at radius 3 is 2.14 bits per heavy atom. The molecule has 72 valence electrons. The van der Waals surface area contributed by atoms with E-state index in [-0.39, 0.29) is 36.4 Å². The van der Waals surface area contributed by atoms with E-state index in [1.54, 1.807) is 0 Å². The van der Waals surface area contributed by atoms with Crippen LogP contribution in [0, 0.1) is 0 Å². The molecular formula is C8H7N3O3. The van der Waals surface area contributed by atoms with Crippen molar-refractivity contribution in [2.24, 2.45) is 0 Å². The molecule has 1 N–H and O–H groups in total. The third-order valence-electron chi connectivity index (χ3n) is 1.88. The van der Waals surface area contributed by atoms with Crippen LogP contribution in [0.2, 0.25) is 0 Å².